The van der Waals surface area contributed by atoms with Gasteiger partial charge in [0.25, 0.3) is 11.8 Å². The fraction of sp³-hybridized carbons (Fsp3) is 0.440. The summed E-state index contributed by atoms with van der Waals surface area (Å²) in [7, 11) is 0. The van der Waals surface area contributed by atoms with Crippen molar-refractivity contribution >= 4 is 17.5 Å². The molecule has 2 aromatic carbocycles. The van der Waals surface area contributed by atoms with E-state index in [2.05, 4.69) is 39.9 Å². The summed E-state index contributed by atoms with van der Waals surface area (Å²) in [5.74, 6) is 0.887. The number of carbonyl (C=O) groups excluding carboxylic acids is 2. The average Bonchev–Trinajstić information content (AvgIpc) is 2.69. The minimum Gasteiger partial charge on any atom is -0.482 e. The predicted molar refractivity (Wildman–Crippen MR) is 120 cm³/mol. The fourth-order valence-corrected chi connectivity index (χ4v) is 3.29. The van der Waals surface area contributed by atoms with Crippen LogP contribution in [0.15, 0.2) is 42.5 Å². The van der Waals surface area contributed by atoms with Gasteiger partial charge in [-0.3, -0.25) is 9.59 Å². The van der Waals surface area contributed by atoms with Crippen LogP contribution in [0.5, 0.6) is 5.75 Å². The van der Waals surface area contributed by atoms with Gasteiger partial charge in [-0.25, -0.2) is 0 Å². The lowest BCUT2D eigenvalue weighted by Gasteiger charge is -2.31. The summed E-state index contributed by atoms with van der Waals surface area (Å²) < 4.78 is 5.64. The van der Waals surface area contributed by atoms with Gasteiger partial charge in [-0.05, 0) is 53.6 Å². The smallest absolute Gasteiger partial charge is 0.265 e. The first-order chi connectivity index (χ1) is 14.1. The number of hydrogen-bond acceptors (Lipinski definition) is 3. The van der Waals surface area contributed by atoms with Crippen LogP contribution in [0.3, 0.4) is 0 Å². The molecule has 2 aromatic rings. The number of nitrogens with one attached hydrogen (secondary N) is 1. The maximum absolute atomic E-state index is 12.7. The van der Waals surface area contributed by atoms with Crippen LogP contribution >= 0.6 is 0 Å². The monoisotopic (exact) mass is 408 g/mol. The molecule has 160 valence electrons. The minimum absolute atomic E-state index is 0.0218. The molecule has 1 N–H and O–H groups in total. The summed E-state index contributed by atoms with van der Waals surface area (Å²) in [6, 6.07) is 13.6. The zero-order valence-corrected chi connectivity index (χ0v) is 18.8. The molecule has 1 aliphatic rings. The first-order valence-electron chi connectivity index (χ1n) is 10.5. The molecule has 0 aliphatic carbocycles. The van der Waals surface area contributed by atoms with E-state index < -0.39 is 0 Å². The summed E-state index contributed by atoms with van der Waals surface area (Å²) in [5, 5.41) is 3.04. The molecule has 0 radical (unpaired) electrons. The summed E-state index contributed by atoms with van der Waals surface area (Å²) in [6.45, 7) is 13.0. The third-order valence-corrected chi connectivity index (χ3v) is 5.66. The SMILES string of the molecule is CC(C)[C@@H](C)NC(=O)c1cccc(CN2C(=O)COc3ccc(C(C)(C)C)cc32)c1. The normalized spacial score (nSPS) is 14.9. The highest BCUT2D eigenvalue weighted by Gasteiger charge is 2.28. The molecule has 2 amide bonds. The lowest BCUT2D eigenvalue weighted by molar-refractivity contribution is -0.121. The quantitative estimate of drug-likeness (QED) is 0.781. The Morgan fingerprint density at radius 3 is 2.53 bits per heavy atom. The van der Waals surface area contributed by atoms with Crippen LogP contribution in [0.4, 0.5) is 5.69 Å². The lowest BCUT2D eigenvalue weighted by atomic mass is 9.86. The molecule has 5 nitrogen and oxygen atoms in total. The van der Waals surface area contributed by atoms with Gasteiger partial charge < -0.3 is 15.0 Å². The Morgan fingerprint density at radius 2 is 1.87 bits per heavy atom. The zero-order chi connectivity index (χ0) is 22.1. The maximum Gasteiger partial charge on any atom is 0.265 e. The van der Waals surface area contributed by atoms with Crippen LogP contribution in [0.1, 0.15) is 63.0 Å². The largest absolute Gasteiger partial charge is 0.482 e. The number of hydrogen-bond donors (Lipinski definition) is 1. The molecular weight excluding hydrogens is 376 g/mol. The van der Waals surface area contributed by atoms with E-state index in [1.807, 2.05) is 43.3 Å². The number of carbonyl (C=O) groups is 2. The Morgan fingerprint density at radius 1 is 1.13 bits per heavy atom. The summed E-state index contributed by atoms with van der Waals surface area (Å²) >= 11 is 0. The minimum atomic E-state index is -0.0956. The van der Waals surface area contributed by atoms with Crippen molar-refractivity contribution < 1.29 is 14.3 Å². The van der Waals surface area contributed by atoms with Gasteiger partial charge in [-0.2, -0.15) is 0 Å². The van der Waals surface area contributed by atoms with Crippen LogP contribution in [0.25, 0.3) is 0 Å². The average molecular weight is 409 g/mol. The van der Waals surface area contributed by atoms with Crippen molar-refractivity contribution in [3.63, 3.8) is 0 Å². The molecule has 5 heteroatoms. The van der Waals surface area contributed by atoms with Crippen LogP contribution in [0.2, 0.25) is 0 Å². The topological polar surface area (TPSA) is 58.6 Å². The van der Waals surface area contributed by atoms with Crippen LogP contribution in [-0.2, 0) is 16.8 Å². The summed E-state index contributed by atoms with van der Waals surface area (Å²) in [4.78, 5) is 27.0. The standard InChI is InChI=1S/C25H32N2O3/c1-16(2)17(3)26-24(29)19-9-7-8-18(12-19)14-27-21-13-20(25(4,5)6)10-11-22(21)30-15-23(27)28/h7-13,16-17H,14-15H2,1-6H3,(H,26,29)/t17-/m1/s1. The molecule has 1 heterocycles. The molecular formula is C25H32N2O3. The van der Waals surface area contributed by atoms with Gasteiger partial charge in [0, 0.05) is 11.6 Å². The number of anilines is 1. The van der Waals surface area contributed by atoms with Gasteiger partial charge in [-0.15, -0.1) is 0 Å². The Kier molecular flexibility index (Phi) is 6.20. The molecule has 0 spiro atoms. The molecule has 0 unspecified atom stereocenters. The van der Waals surface area contributed by atoms with Crippen molar-refractivity contribution in [1.29, 1.82) is 0 Å². The van der Waals surface area contributed by atoms with Crippen LogP contribution in [0, 0.1) is 5.92 Å². The molecule has 0 bridgehead atoms. The van der Waals surface area contributed by atoms with E-state index in [0.29, 0.717) is 23.8 Å². The first kappa shape index (κ1) is 21.9. The zero-order valence-electron chi connectivity index (χ0n) is 18.8. The Labute approximate surface area is 179 Å². The second kappa shape index (κ2) is 8.50. The third-order valence-electron chi connectivity index (χ3n) is 5.66. The summed E-state index contributed by atoms with van der Waals surface area (Å²) in [6.07, 6.45) is 0. The second-order valence-corrected chi connectivity index (χ2v) is 9.41. The fourth-order valence-electron chi connectivity index (χ4n) is 3.29. The maximum atomic E-state index is 12.7. The van der Waals surface area contributed by atoms with Gasteiger partial charge in [0.05, 0.1) is 12.2 Å². The highest BCUT2D eigenvalue weighted by atomic mass is 16.5. The Bertz CT molecular complexity index is 944. The lowest BCUT2D eigenvalue weighted by Crippen LogP contribution is -2.38. The van der Waals surface area contributed by atoms with Crippen molar-refractivity contribution in [2.24, 2.45) is 5.92 Å². The Balaban J connectivity index is 1.87. The number of nitrogens with zero attached hydrogens (tertiary/aromatic N) is 1. The van der Waals surface area contributed by atoms with Gasteiger partial charge >= 0.3 is 0 Å². The van der Waals surface area contributed by atoms with Crippen molar-refractivity contribution in [2.45, 2.75) is 59.5 Å². The Hall–Kier alpha value is -2.82. The van der Waals surface area contributed by atoms with Gasteiger partial charge in [0.2, 0.25) is 0 Å². The highest BCUT2D eigenvalue weighted by Crippen LogP contribution is 2.37. The molecule has 0 fully saturated rings. The van der Waals surface area contributed by atoms with Gasteiger partial charge in [-0.1, -0.05) is 52.8 Å². The van der Waals surface area contributed by atoms with Crippen molar-refractivity contribution in [3.05, 3.63) is 59.2 Å². The van der Waals surface area contributed by atoms with E-state index in [9.17, 15) is 9.59 Å². The van der Waals surface area contributed by atoms with Crippen molar-refractivity contribution in [1.82, 2.24) is 5.32 Å². The number of rotatable bonds is 5. The number of benzene rings is 2. The molecule has 3 rings (SSSR count). The number of fused-ring (bicyclic) bond motifs is 1. The molecule has 1 atom stereocenters. The molecule has 0 aromatic heterocycles. The van der Waals surface area contributed by atoms with Crippen LogP contribution in [-0.4, -0.2) is 24.5 Å². The van der Waals surface area contributed by atoms with Gasteiger partial charge in [0.15, 0.2) is 6.61 Å². The van der Waals surface area contributed by atoms with E-state index in [4.69, 9.17) is 4.74 Å². The van der Waals surface area contributed by atoms with E-state index in [0.717, 1.165) is 16.8 Å². The highest BCUT2D eigenvalue weighted by molar-refractivity contribution is 5.98. The molecule has 1 aliphatic heterocycles. The second-order valence-electron chi connectivity index (χ2n) is 9.41. The summed E-state index contributed by atoms with van der Waals surface area (Å²) in [5.41, 5.74) is 3.39. The van der Waals surface area contributed by atoms with E-state index >= 15 is 0 Å². The van der Waals surface area contributed by atoms with E-state index in [-0.39, 0.29) is 29.9 Å². The van der Waals surface area contributed by atoms with Crippen molar-refractivity contribution in [3.8, 4) is 5.75 Å². The van der Waals surface area contributed by atoms with E-state index in [1.165, 1.54) is 0 Å². The number of ether oxygens (including phenoxy) is 1. The predicted octanol–water partition coefficient (Wildman–Crippen LogP) is 4.68. The van der Waals surface area contributed by atoms with Crippen molar-refractivity contribution in [2.75, 3.05) is 11.5 Å². The first-order valence-corrected chi connectivity index (χ1v) is 10.5. The molecule has 0 saturated heterocycles. The molecule has 0 saturated carbocycles. The third kappa shape index (κ3) is 4.84. The number of amides is 2. The van der Waals surface area contributed by atoms with E-state index in [1.54, 1.807) is 11.0 Å². The molecule has 30 heavy (non-hydrogen) atoms. The van der Waals surface area contributed by atoms with Crippen LogP contribution < -0.4 is 15.0 Å². The van der Waals surface area contributed by atoms with Gasteiger partial charge in [0.1, 0.15) is 5.75 Å².